The lowest BCUT2D eigenvalue weighted by molar-refractivity contribution is -0.129. The van der Waals surface area contributed by atoms with Gasteiger partial charge >= 0.3 is 0 Å². The number of nitrogens with two attached hydrogens (primary N) is 1. The van der Waals surface area contributed by atoms with Crippen molar-refractivity contribution in [1.82, 2.24) is 0 Å². The van der Waals surface area contributed by atoms with Crippen molar-refractivity contribution in [1.29, 1.82) is 0 Å². The number of hydrogen-bond donors (Lipinski definition) is 1. The van der Waals surface area contributed by atoms with Gasteiger partial charge in [0.05, 0.1) is 5.41 Å². The van der Waals surface area contributed by atoms with E-state index in [1.807, 2.05) is 11.8 Å². The van der Waals surface area contributed by atoms with Crippen LogP contribution in [0.4, 0.5) is 0 Å². The highest BCUT2D eigenvalue weighted by molar-refractivity contribution is 7.98. The Hall–Kier alpha value is -0.960. The van der Waals surface area contributed by atoms with Gasteiger partial charge in [-0.25, -0.2) is 0 Å². The van der Waals surface area contributed by atoms with Gasteiger partial charge in [0.25, 0.3) is 0 Å². The lowest BCUT2D eigenvalue weighted by atomic mass is 9.62. The number of amides is 1. The normalized spacial score (nSPS) is 43.4. The van der Waals surface area contributed by atoms with E-state index in [0.717, 1.165) is 12.8 Å². The van der Waals surface area contributed by atoms with Crippen LogP contribution in [0.2, 0.25) is 0 Å². The standard InChI is InChI=1S/C18H23NOS/c1-21-10-14-12-7-17(13-5-3-2-4-6-13)9-15(14)18(8-12,11-17)16(19)20/h2-6,12,14-15H,7-11H2,1H3,(H2,19,20). The fraction of sp³-hybridized carbons (Fsp3) is 0.611. The highest BCUT2D eigenvalue weighted by Gasteiger charge is 2.69. The average Bonchev–Trinajstić information content (AvgIpc) is 2.86. The lowest BCUT2D eigenvalue weighted by Crippen LogP contribution is -2.41. The maximum Gasteiger partial charge on any atom is 0.223 e. The van der Waals surface area contributed by atoms with E-state index in [9.17, 15) is 4.79 Å². The van der Waals surface area contributed by atoms with Crippen LogP contribution >= 0.6 is 11.8 Å². The molecule has 3 heteroatoms. The number of thioether (sulfide) groups is 1. The van der Waals surface area contributed by atoms with Crippen molar-refractivity contribution < 1.29 is 4.79 Å². The zero-order valence-electron chi connectivity index (χ0n) is 12.5. The molecular formula is C18H23NOS. The van der Waals surface area contributed by atoms with Gasteiger partial charge < -0.3 is 5.73 Å². The number of carbonyl (C=O) groups is 1. The monoisotopic (exact) mass is 301 g/mol. The molecule has 5 unspecified atom stereocenters. The summed E-state index contributed by atoms with van der Waals surface area (Å²) in [7, 11) is 0. The molecule has 4 aliphatic carbocycles. The average molecular weight is 301 g/mol. The third-order valence-electron chi connectivity index (χ3n) is 6.61. The summed E-state index contributed by atoms with van der Waals surface area (Å²) in [5, 5.41) is 0. The molecule has 4 fully saturated rings. The summed E-state index contributed by atoms with van der Waals surface area (Å²) in [6.45, 7) is 0. The van der Waals surface area contributed by atoms with Gasteiger partial charge in [-0.3, -0.25) is 4.79 Å². The first-order chi connectivity index (χ1) is 10.1. The minimum Gasteiger partial charge on any atom is -0.369 e. The molecule has 4 aliphatic rings. The minimum atomic E-state index is -0.209. The molecule has 4 saturated carbocycles. The van der Waals surface area contributed by atoms with Crippen LogP contribution in [0.25, 0.3) is 0 Å². The molecule has 0 spiro atoms. The Morgan fingerprint density at radius 3 is 2.71 bits per heavy atom. The highest BCUT2D eigenvalue weighted by atomic mass is 32.2. The van der Waals surface area contributed by atoms with Gasteiger partial charge in [-0.05, 0) is 66.4 Å². The van der Waals surface area contributed by atoms with Gasteiger partial charge in [-0.15, -0.1) is 0 Å². The van der Waals surface area contributed by atoms with Crippen LogP contribution in [0.1, 0.15) is 31.2 Å². The summed E-state index contributed by atoms with van der Waals surface area (Å²) < 4.78 is 0. The molecule has 5 atom stereocenters. The molecule has 0 saturated heterocycles. The van der Waals surface area contributed by atoms with Gasteiger partial charge in [0.1, 0.15) is 0 Å². The number of primary amides is 1. The van der Waals surface area contributed by atoms with Crippen LogP contribution in [0.3, 0.4) is 0 Å². The van der Waals surface area contributed by atoms with Gasteiger partial charge in [-0.2, -0.15) is 11.8 Å². The second-order valence-corrected chi connectivity index (χ2v) is 8.35. The topological polar surface area (TPSA) is 43.1 Å². The number of hydrogen-bond acceptors (Lipinski definition) is 2. The molecule has 112 valence electrons. The van der Waals surface area contributed by atoms with Crippen molar-refractivity contribution in [2.75, 3.05) is 12.0 Å². The molecule has 1 aromatic carbocycles. The van der Waals surface area contributed by atoms with Crippen LogP contribution in [0.5, 0.6) is 0 Å². The van der Waals surface area contributed by atoms with E-state index in [2.05, 4.69) is 36.6 Å². The van der Waals surface area contributed by atoms with E-state index in [1.165, 1.54) is 24.2 Å². The smallest absolute Gasteiger partial charge is 0.223 e. The summed E-state index contributed by atoms with van der Waals surface area (Å²) in [5.74, 6) is 3.07. The minimum absolute atomic E-state index is 0.0291. The zero-order chi connectivity index (χ0) is 14.7. The van der Waals surface area contributed by atoms with E-state index in [-0.39, 0.29) is 16.7 Å². The molecule has 2 nitrogen and oxygen atoms in total. The van der Waals surface area contributed by atoms with Gasteiger partial charge in [0.15, 0.2) is 0 Å². The molecule has 0 radical (unpaired) electrons. The fourth-order valence-electron chi connectivity index (χ4n) is 5.98. The molecule has 0 heterocycles. The summed E-state index contributed by atoms with van der Waals surface area (Å²) in [6, 6.07) is 10.9. The molecule has 1 aromatic rings. The molecule has 2 N–H and O–H groups in total. The Bertz CT molecular complexity index is 574. The molecule has 21 heavy (non-hydrogen) atoms. The van der Waals surface area contributed by atoms with Gasteiger partial charge in [-0.1, -0.05) is 30.3 Å². The summed E-state index contributed by atoms with van der Waals surface area (Å²) in [4.78, 5) is 12.3. The van der Waals surface area contributed by atoms with Crippen molar-refractivity contribution >= 4 is 17.7 Å². The quantitative estimate of drug-likeness (QED) is 0.928. The second-order valence-electron chi connectivity index (χ2n) is 7.44. The zero-order valence-corrected chi connectivity index (χ0v) is 13.4. The van der Waals surface area contributed by atoms with Crippen molar-refractivity contribution in [2.45, 2.75) is 31.1 Å². The van der Waals surface area contributed by atoms with Crippen LogP contribution in [-0.4, -0.2) is 17.9 Å². The number of rotatable bonds is 4. The first kappa shape index (κ1) is 13.7. The maximum atomic E-state index is 12.3. The van der Waals surface area contributed by atoms with Crippen LogP contribution in [0, 0.1) is 23.2 Å². The second kappa shape index (κ2) is 4.52. The third kappa shape index (κ3) is 1.70. The molecule has 1 amide bonds. The van der Waals surface area contributed by atoms with E-state index >= 15 is 0 Å². The summed E-state index contributed by atoms with van der Waals surface area (Å²) in [5.41, 5.74) is 7.35. The van der Waals surface area contributed by atoms with Gasteiger partial charge in [0.2, 0.25) is 5.91 Å². The Kier molecular flexibility index (Phi) is 2.94. The fourth-order valence-corrected chi connectivity index (χ4v) is 6.87. The summed E-state index contributed by atoms with van der Waals surface area (Å²) >= 11 is 1.93. The number of carbonyl (C=O) groups excluding carboxylic acids is 1. The summed E-state index contributed by atoms with van der Waals surface area (Å²) in [6.07, 6.45) is 6.65. The Morgan fingerprint density at radius 1 is 1.29 bits per heavy atom. The van der Waals surface area contributed by atoms with Crippen molar-refractivity contribution in [3.05, 3.63) is 35.9 Å². The predicted octanol–water partition coefficient (Wildman–Crippen LogP) is 3.21. The number of benzene rings is 1. The SMILES string of the molecule is CSCC1C2CC3(c4ccccc4)CC1C(C(N)=O)(C2)C3. The van der Waals surface area contributed by atoms with Crippen molar-refractivity contribution in [3.8, 4) is 0 Å². The van der Waals surface area contributed by atoms with Crippen LogP contribution in [0.15, 0.2) is 30.3 Å². The molecule has 4 bridgehead atoms. The van der Waals surface area contributed by atoms with E-state index < -0.39 is 0 Å². The third-order valence-corrected chi connectivity index (χ3v) is 7.33. The van der Waals surface area contributed by atoms with Crippen LogP contribution < -0.4 is 5.73 Å². The molecular weight excluding hydrogens is 278 g/mol. The van der Waals surface area contributed by atoms with Crippen molar-refractivity contribution in [2.24, 2.45) is 28.9 Å². The predicted molar refractivity (Wildman–Crippen MR) is 87.1 cm³/mol. The van der Waals surface area contributed by atoms with Crippen molar-refractivity contribution in [3.63, 3.8) is 0 Å². The lowest BCUT2D eigenvalue weighted by Gasteiger charge is -2.42. The molecule has 5 rings (SSSR count). The van der Waals surface area contributed by atoms with E-state index in [1.54, 1.807) is 0 Å². The van der Waals surface area contributed by atoms with Gasteiger partial charge in [0, 0.05) is 0 Å². The first-order valence-corrected chi connectivity index (χ1v) is 9.35. The molecule has 0 aliphatic heterocycles. The highest BCUT2D eigenvalue weighted by Crippen LogP contribution is 2.72. The van der Waals surface area contributed by atoms with Crippen LogP contribution in [-0.2, 0) is 10.2 Å². The first-order valence-electron chi connectivity index (χ1n) is 7.96. The van der Waals surface area contributed by atoms with E-state index in [0.29, 0.717) is 17.8 Å². The Labute approximate surface area is 130 Å². The Balaban J connectivity index is 1.77. The van der Waals surface area contributed by atoms with E-state index in [4.69, 9.17) is 5.73 Å². The molecule has 0 aromatic heterocycles. The maximum absolute atomic E-state index is 12.3. The largest absolute Gasteiger partial charge is 0.369 e. The Morgan fingerprint density at radius 2 is 2.05 bits per heavy atom.